The third-order valence-electron chi connectivity index (χ3n) is 6.82. The molecule has 0 unspecified atom stereocenters. The van der Waals surface area contributed by atoms with Gasteiger partial charge in [0.1, 0.15) is 5.82 Å². The van der Waals surface area contributed by atoms with Crippen molar-refractivity contribution in [3.8, 4) is 17.1 Å². The Hall–Kier alpha value is -3.72. The third-order valence-corrected chi connectivity index (χ3v) is 6.82. The molecule has 9 nitrogen and oxygen atoms in total. The van der Waals surface area contributed by atoms with Gasteiger partial charge in [0.2, 0.25) is 0 Å². The predicted octanol–water partition coefficient (Wildman–Crippen LogP) is 3.18. The maximum Gasteiger partial charge on any atom is 0.269 e. The summed E-state index contributed by atoms with van der Waals surface area (Å²) in [7, 11) is 0. The van der Waals surface area contributed by atoms with Crippen LogP contribution in [-0.4, -0.2) is 56.6 Å². The van der Waals surface area contributed by atoms with Crippen molar-refractivity contribution in [3.63, 3.8) is 0 Å². The lowest BCUT2D eigenvalue weighted by Gasteiger charge is -2.29. The first kappa shape index (κ1) is 20.9. The largest absolute Gasteiger partial charge is 0.378 e. The number of fused-ring (bicyclic) bond motifs is 1. The molecule has 1 aromatic carbocycles. The van der Waals surface area contributed by atoms with Crippen molar-refractivity contribution in [2.45, 2.75) is 31.6 Å². The van der Waals surface area contributed by atoms with Crippen LogP contribution in [0, 0.1) is 0 Å². The van der Waals surface area contributed by atoms with Gasteiger partial charge in [-0.05, 0) is 24.8 Å². The summed E-state index contributed by atoms with van der Waals surface area (Å²) in [6, 6.07) is 14.0. The Morgan fingerprint density at radius 1 is 1.03 bits per heavy atom. The van der Waals surface area contributed by atoms with Gasteiger partial charge >= 0.3 is 0 Å². The van der Waals surface area contributed by atoms with Gasteiger partial charge in [0.25, 0.3) is 5.91 Å². The number of hydrogen-bond acceptors (Lipinski definition) is 6. The molecule has 3 aromatic heterocycles. The summed E-state index contributed by atoms with van der Waals surface area (Å²) in [4.78, 5) is 19.6. The molecule has 0 radical (unpaired) electrons. The van der Waals surface area contributed by atoms with E-state index in [0.29, 0.717) is 30.4 Å². The SMILES string of the molecule is NC(=O)c1nn2c(N3CCOCC3)cc(-n3ccc(-c4ccccc4)n3)nc2c1C1CCCC1. The van der Waals surface area contributed by atoms with E-state index < -0.39 is 5.91 Å². The van der Waals surface area contributed by atoms with Crippen molar-refractivity contribution in [1.82, 2.24) is 24.4 Å². The fourth-order valence-electron chi connectivity index (χ4n) is 5.13. The van der Waals surface area contributed by atoms with Crippen LogP contribution in [0.15, 0.2) is 48.7 Å². The molecule has 174 valence electrons. The van der Waals surface area contributed by atoms with Gasteiger partial charge in [-0.15, -0.1) is 0 Å². The van der Waals surface area contributed by atoms with Crippen LogP contribution in [0.5, 0.6) is 0 Å². The zero-order valence-corrected chi connectivity index (χ0v) is 18.9. The van der Waals surface area contributed by atoms with E-state index in [1.54, 1.807) is 9.20 Å². The van der Waals surface area contributed by atoms with E-state index in [0.717, 1.165) is 61.4 Å². The molecular weight excluding hydrogens is 430 g/mol. The number of carbonyl (C=O) groups excluding carboxylic acids is 1. The van der Waals surface area contributed by atoms with E-state index >= 15 is 0 Å². The Bertz CT molecular complexity index is 1330. The maximum absolute atomic E-state index is 12.4. The van der Waals surface area contributed by atoms with Crippen LogP contribution in [-0.2, 0) is 4.74 Å². The number of benzene rings is 1. The molecule has 4 heterocycles. The van der Waals surface area contributed by atoms with Gasteiger partial charge in [0.15, 0.2) is 17.2 Å². The van der Waals surface area contributed by atoms with Crippen molar-refractivity contribution in [3.05, 3.63) is 59.9 Å². The highest BCUT2D eigenvalue weighted by Gasteiger charge is 2.30. The number of carbonyl (C=O) groups is 1. The number of ether oxygens (including phenoxy) is 1. The minimum atomic E-state index is -0.507. The topological polar surface area (TPSA) is 104 Å². The highest BCUT2D eigenvalue weighted by molar-refractivity contribution is 5.94. The number of aromatic nitrogens is 5. The van der Waals surface area contributed by atoms with Gasteiger partial charge < -0.3 is 15.4 Å². The lowest BCUT2D eigenvalue weighted by atomic mass is 9.97. The van der Waals surface area contributed by atoms with Crippen molar-refractivity contribution >= 4 is 17.4 Å². The zero-order chi connectivity index (χ0) is 23.1. The van der Waals surface area contributed by atoms with Crippen LogP contribution < -0.4 is 10.6 Å². The number of nitrogens with two attached hydrogens (primary N) is 1. The summed E-state index contributed by atoms with van der Waals surface area (Å²) in [5, 5.41) is 9.49. The molecule has 0 atom stereocenters. The second kappa shape index (κ2) is 8.57. The molecule has 1 saturated carbocycles. The van der Waals surface area contributed by atoms with Gasteiger partial charge in [0.05, 0.1) is 18.9 Å². The smallest absolute Gasteiger partial charge is 0.269 e. The van der Waals surface area contributed by atoms with Crippen LogP contribution in [0.4, 0.5) is 5.82 Å². The van der Waals surface area contributed by atoms with Gasteiger partial charge in [-0.3, -0.25) is 4.79 Å². The minimum absolute atomic E-state index is 0.234. The number of anilines is 1. The van der Waals surface area contributed by atoms with Crippen LogP contribution in [0.25, 0.3) is 22.7 Å². The Labute approximate surface area is 197 Å². The normalized spacial score (nSPS) is 17.0. The first-order chi connectivity index (χ1) is 16.7. The fourth-order valence-corrected chi connectivity index (χ4v) is 5.13. The highest BCUT2D eigenvalue weighted by atomic mass is 16.5. The molecule has 1 aliphatic heterocycles. The van der Waals surface area contributed by atoms with Crippen LogP contribution in [0.1, 0.15) is 47.7 Å². The molecule has 9 heteroatoms. The van der Waals surface area contributed by atoms with Crippen molar-refractivity contribution in [2.24, 2.45) is 5.73 Å². The minimum Gasteiger partial charge on any atom is -0.378 e. The molecule has 2 aliphatic rings. The van der Waals surface area contributed by atoms with Crippen LogP contribution in [0.3, 0.4) is 0 Å². The summed E-state index contributed by atoms with van der Waals surface area (Å²) in [5.74, 6) is 1.28. The average Bonchev–Trinajstić information content (AvgIpc) is 3.64. The summed E-state index contributed by atoms with van der Waals surface area (Å²) in [6.07, 6.45) is 6.22. The number of rotatable bonds is 5. The summed E-state index contributed by atoms with van der Waals surface area (Å²) in [5.41, 5.74) is 9.61. The third kappa shape index (κ3) is 3.62. The van der Waals surface area contributed by atoms with Crippen molar-refractivity contribution < 1.29 is 9.53 Å². The molecule has 0 spiro atoms. The van der Waals surface area contributed by atoms with Gasteiger partial charge in [-0.25, -0.2) is 9.67 Å². The van der Waals surface area contributed by atoms with E-state index in [9.17, 15) is 4.79 Å². The second-order valence-corrected chi connectivity index (χ2v) is 8.93. The van der Waals surface area contributed by atoms with E-state index in [-0.39, 0.29) is 5.92 Å². The molecule has 2 fully saturated rings. The molecule has 6 rings (SSSR count). The molecular formula is C25H27N7O2. The van der Waals surface area contributed by atoms with Crippen LogP contribution in [0.2, 0.25) is 0 Å². The first-order valence-electron chi connectivity index (χ1n) is 11.9. The molecule has 0 bridgehead atoms. The lowest BCUT2D eigenvalue weighted by molar-refractivity contribution is 0.0993. The predicted molar refractivity (Wildman–Crippen MR) is 128 cm³/mol. The first-order valence-corrected chi connectivity index (χ1v) is 11.9. The summed E-state index contributed by atoms with van der Waals surface area (Å²) in [6.45, 7) is 2.74. The lowest BCUT2D eigenvalue weighted by Crippen LogP contribution is -2.37. The Kier molecular flexibility index (Phi) is 5.26. The molecule has 1 aliphatic carbocycles. The molecule has 1 amide bonds. The second-order valence-electron chi connectivity index (χ2n) is 8.93. The van der Waals surface area contributed by atoms with Gasteiger partial charge in [-0.1, -0.05) is 43.2 Å². The molecule has 2 N–H and O–H groups in total. The van der Waals surface area contributed by atoms with Crippen molar-refractivity contribution in [1.29, 1.82) is 0 Å². The van der Waals surface area contributed by atoms with Gasteiger partial charge in [0, 0.05) is 36.5 Å². The van der Waals surface area contributed by atoms with E-state index in [1.165, 1.54) is 0 Å². The average molecular weight is 458 g/mol. The number of hydrogen-bond donors (Lipinski definition) is 1. The quantitative estimate of drug-likeness (QED) is 0.494. The molecule has 4 aromatic rings. The van der Waals surface area contributed by atoms with Crippen LogP contribution >= 0.6 is 0 Å². The number of amides is 1. The Morgan fingerprint density at radius 3 is 2.53 bits per heavy atom. The maximum atomic E-state index is 12.4. The van der Waals surface area contributed by atoms with E-state index in [1.807, 2.05) is 48.7 Å². The number of primary amides is 1. The number of morpholine rings is 1. The Balaban J connectivity index is 1.54. The van der Waals surface area contributed by atoms with E-state index in [4.69, 9.17) is 20.6 Å². The van der Waals surface area contributed by atoms with Gasteiger partial charge in [-0.2, -0.15) is 14.7 Å². The highest BCUT2D eigenvalue weighted by Crippen LogP contribution is 2.39. The Morgan fingerprint density at radius 2 is 1.79 bits per heavy atom. The standard InChI is InChI=1S/C25H27N7O2/c26-24(33)23-22(18-8-4-5-9-18)25-27-20(16-21(32(25)29-23)30-12-14-34-15-13-30)31-11-10-19(28-31)17-6-2-1-3-7-17/h1-3,6-7,10-11,16,18H,4-5,8-9,12-15H2,(H2,26,33). The monoisotopic (exact) mass is 457 g/mol. The summed E-state index contributed by atoms with van der Waals surface area (Å²) >= 11 is 0. The summed E-state index contributed by atoms with van der Waals surface area (Å²) < 4.78 is 9.16. The zero-order valence-electron chi connectivity index (χ0n) is 18.9. The fraction of sp³-hybridized carbons (Fsp3) is 0.360. The van der Waals surface area contributed by atoms with Crippen molar-refractivity contribution in [2.75, 3.05) is 31.2 Å². The molecule has 34 heavy (non-hydrogen) atoms. The molecule has 1 saturated heterocycles. The number of nitrogens with zero attached hydrogens (tertiary/aromatic N) is 6. The van der Waals surface area contributed by atoms with E-state index in [2.05, 4.69) is 10.00 Å².